The average molecular weight is 390 g/mol. The summed E-state index contributed by atoms with van der Waals surface area (Å²) in [4.78, 5) is 28.6. The van der Waals surface area contributed by atoms with Gasteiger partial charge in [-0.2, -0.15) is 9.97 Å². The molecule has 0 unspecified atom stereocenters. The molecule has 0 bridgehead atoms. The fourth-order valence-electron chi connectivity index (χ4n) is 2.77. The van der Waals surface area contributed by atoms with Crippen molar-refractivity contribution in [2.75, 3.05) is 30.4 Å². The zero-order valence-corrected chi connectivity index (χ0v) is 17.7. The summed E-state index contributed by atoms with van der Waals surface area (Å²) in [6.45, 7) is 10.4. The molecule has 2 heterocycles. The summed E-state index contributed by atoms with van der Waals surface area (Å²) in [5.41, 5.74) is 0.671. The number of nitrogens with zero attached hydrogens (tertiary/aromatic N) is 6. The van der Waals surface area contributed by atoms with E-state index in [-0.39, 0.29) is 12.1 Å². The van der Waals surface area contributed by atoms with Gasteiger partial charge in [-0.15, -0.1) is 0 Å². The fourth-order valence-corrected chi connectivity index (χ4v) is 2.77. The largest absolute Gasteiger partial charge is 0.480 e. The molecule has 0 aromatic carbocycles. The molecule has 2 rings (SSSR count). The topological polar surface area (TPSA) is 96.6 Å². The minimum atomic E-state index is -0.957. The van der Waals surface area contributed by atoms with Crippen molar-refractivity contribution in [3.05, 3.63) is 18.3 Å². The molecular formula is C19H30N6O3. The molecule has 0 aliphatic heterocycles. The number of hydrogen-bond donors (Lipinski definition) is 1. The zero-order valence-electron chi connectivity index (χ0n) is 17.7. The first-order valence-corrected chi connectivity index (χ1v) is 9.32. The number of rotatable bonds is 8. The maximum absolute atomic E-state index is 11.2. The number of aliphatic carboxylic acids is 1. The Morgan fingerprint density at radius 2 is 2.00 bits per heavy atom. The predicted molar refractivity (Wildman–Crippen MR) is 110 cm³/mol. The number of aromatic nitrogens is 4. The highest BCUT2D eigenvalue weighted by molar-refractivity contribution is 5.85. The number of carboxylic acids is 1. The van der Waals surface area contributed by atoms with Crippen molar-refractivity contribution in [2.45, 2.75) is 53.2 Å². The van der Waals surface area contributed by atoms with Gasteiger partial charge in [0.1, 0.15) is 12.1 Å². The summed E-state index contributed by atoms with van der Waals surface area (Å²) in [5.74, 6) is 0.723. The van der Waals surface area contributed by atoms with Crippen LogP contribution in [0.4, 0.5) is 11.8 Å². The second kappa shape index (κ2) is 8.45. The highest BCUT2D eigenvalue weighted by atomic mass is 16.5. The monoisotopic (exact) mass is 390 g/mol. The van der Waals surface area contributed by atoms with E-state index in [1.54, 1.807) is 4.90 Å². The van der Waals surface area contributed by atoms with Crippen LogP contribution in [0.25, 0.3) is 11.2 Å². The van der Waals surface area contributed by atoms with Gasteiger partial charge in [0.25, 0.3) is 0 Å². The first kappa shape index (κ1) is 21.5. The Bertz CT molecular complexity index is 868. The van der Waals surface area contributed by atoms with Gasteiger partial charge in [0.2, 0.25) is 5.95 Å². The van der Waals surface area contributed by atoms with Gasteiger partial charge >= 0.3 is 5.97 Å². The molecule has 0 radical (unpaired) electrons. The van der Waals surface area contributed by atoms with Crippen LogP contribution in [-0.2, 0) is 16.1 Å². The number of imidazole rings is 1. The highest BCUT2D eigenvalue weighted by Gasteiger charge is 2.22. The van der Waals surface area contributed by atoms with Crippen LogP contribution in [0.3, 0.4) is 0 Å². The quantitative estimate of drug-likeness (QED) is 0.687. The van der Waals surface area contributed by atoms with Crippen molar-refractivity contribution in [1.29, 1.82) is 0 Å². The molecule has 28 heavy (non-hydrogen) atoms. The van der Waals surface area contributed by atoms with Crippen molar-refractivity contribution < 1.29 is 14.6 Å². The number of carboxylic acid groups (broad SMARTS) is 1. The van der Waals surface area contributed by atoms with Gasteiger partial charge in [0.15, 0.2) is 22.9 Å². The number of carbonyl (C=O) groups is 1. The average Bonchev–Trinajstić information content (AvgIpc) is 2.99. The van der Waals surface area contributed by atoms with Crippen LogP contribution in [-0.4, -0.2) is 56.8 Å². The Morgan fingerprint density at radius 3 is 2.54 bits per heavy atom. The van der Waals surface area contributed by atoms with Crippen molar-refractivity contribution in [2.24, 2.45) is 0 Å². The van der Waals surface area contributed by atoms with Gasteiger partial charge in [-0.05, 0) is 40.2 Å². The van der Waals surface area contributed by atoms with E-state index in [1.807, 2.05) is 52.8 Å². The van der Waals surface area contributed by atoms with Crippen LogP contribution < -0.4 is 9.80 Å². The van der Waals surface area contributed by atoms with E-state index < -0.39 is 5.97 Å². The van der Waals surface area contributed by atoms with Crippen LogP contribution in [0.15, 0.2) is 18.3 Å². The number of hydrogen-bond acceptors (Lipinski definition) is 7. The van der Waals surface area contributed by atoms with Gasteiger partial charge in [0.05, 0.1) is 6.33 Å². The molecule has 0 atom stereocenters. The molecule has 0 aliphatic carbocycles. The molecule has 154 valence electrons. The summed E-state index contributed by atoms with van der Waals surface area (Å²) in [6, 6.07) is 0. The standard InChI is InChI=1S/C19H30N6O3/c1-8-10-23(6)16-15-17(25(12-20-15)11-14(26)27)22-18(21-16)24(7)13(9-2)28-19(3,4)5/h9,12H,8,10-11H2,1-7H3,(H,26,27). The second-order valence-electron chi connectivity index (χ2n) is 7.61. The van der Waals surface area contributed by atoms with Crippen molar-refractivity contribution >= 4 is 28.9 Å². The lowest BCUT2D eigenvalue weighted by Crippen LogP contribution is -2.29. The van der Waals surface area contributed by atoms with E-state index in [4.69, 9.17) is 9.72 Å². The number of allylic oxidation sites excluding steroid dienone is 1. The highest BCUT2D eigenvalue weighted by Crippen LogP contribution is 2.27. The van der Waals surface area contributed by atoms with E-state index in [9.17, 15) is 9.90 Å². The van der Waals surface area contributed by atoms with Gasteiger partial charge in [-0.3, -0.25) is 9.69 Å². The van der Waals surface area contributed by atoms with Crippen LogP contribution in [0, 0.1) is 0 Å². The Morgan fingerprint density at radius 1 is 1.32 bits per heavy atom. The summed E-state index contributed by atoms with van der Waals surface area (Å²) in [5, 5.41) is 9.20. The first-order valence-electron chi connectivity index (χ1n) is 9.32. The predicted octanol–water partition coefficient (Wildman–Crippen LogP) is 2.87. The van der Waals surface area contributed by atoms with E-state index in [0.29, 0.717) is 28.8 Å². The van der Waals surface area contributed by atoms with E-state index in [2.05, 4.69) is 16.9 Å². The lowest BCUT2D eigenvalue weighted by molar-refractivity contribution is -0.137. The molecule has 1 N–H and O–H groups in total. The van der Waals surface area contributed by atoms with Crippen molar-refractivity contribution in [3.63, 3.8) is 0 Å². The molecular weight excluding hydrogens is 360 g/mol. The Labute approximate surface area is 165 Å². The number of ether oxygens (including phenoxy) is 1. The minimum Gasteiger partial charge on any atom is -0.480 e. The third-order valence-corrected chi connectivity index (χ3v) is 3.95. The summed E-state index contributed by atoms with van der Waals surface area (Å²) in [6.07, 6.45) is 4.28. The Hall–Kier alpha value is -2.84. The molecule has 2 aromatic rings. The van der Waals surface area contributed by atoms with Crippen LogP contribution >= 0.6 is 0 Å². The molecule has 0 aliphatic rings. The molecule has 0 saturated heterocycles. The second-order valence-corrected chi connectivity index (χ2v) is 7.61. The summed E-state index contributed by atoms with van der Waals surface area (Å²) < 4.78 is 7.53. The molecule has 0 fully saturated rings. The first-order chi connectivity index (χ1) is 13.1. The van der Waals surface area contributed by atoms with Crippen molar-refractivity contribution in [3.8, 4) is 0 Å². The van der Waals surface area contributed by atoms with E-state index in [1.165, 1.54) is 10.9 Å². The van der Waals surface area contributed by atoms with E-state index >= 15 is 0 Å². The third-order valence-electron chi connectivity index (χ3n) is 3.95. The maximum atomic E-state index is 11.2. The molecule has 9 nitrogen and oxygen atoms in total. The molecule has 2 aromatic heterocycles. The van der Waals surface area contributed by atoms with Crippen LogP contribution in [0.2, 0.25) is 0 Å². The lowest BCUT2D eigenvalue weighted by Gasteiger charge is -2.29. The van der Waals surface area contributed by atoms with Crippen molar-refractivity contribution in [1.82, 2.24) is 19.5 Å². The molecule has 0 amide bonds. The summed E-state index contributed by atoms with van der Waals surface area (Å²) >= 11 is 0. The Kier molecular flexibility index (Phi) is 6.48. The summed E-state index contributed by atoms with van der Waals surface area (Å²) in [7, 11) is 3.76. The maximum Gasteiger partial charge on any atom is 0.323 e. The van der Waals surface area contributed by atoms with Crippen LogP contribution in [0.1, 0.15) is 41.0 Å². The number of anilines is 2. The molecule has 0 spiro atoms. The number of fused-ring (bicyclic) bond motifs is 1. The SMILES string of the molecule is CC=C(OC(C)(C)C)N(C)c1nc(N(C)CCC)c2ncn(CC(=O)O)c2n1. The van der Waals surface area contributed by atoms with Gasteiger partial charge < -0.3 is 19.3 Å². The van der Waals surface area contributed by atoms with E-state index in [0.717, 1.165) is 13.0 Å². The third kappa shape index (κ3) is 4.90. The zero-order chi connectivity index (χ0) is 21.1. The normalized spacial score (nSPS) is 12.3. The van der Waals surface area contributed by atoms with Gasteiger partial charge in [-0.1, -0.05) is 6.92 Å². The molecule has 0 saturated carbocycles. The lowest BCUT2D eigenvalue weighted by atomic mass is 10.2. The van der Waals surface area contributed by atoms with Gasteiger partial charge in [-0.25, -0.2) is 4.98 Å². The molecule has 9 heteroatoms. The van der Waals surface area contributed by atoms with Crippen LogP contribution in [0.5, 0.6) is 0 Å². The Balaban J connectivity index is 2.59. The smallest absolute Gasteiger partial charge is 0.323 e. The van der Waals surface area contributed by atoms with Gasteiger partial charge in [0, 0.05) is 20.6 Å². The minimum absolute atomic E-state index is 0.220. The fraction of sp³-hybridized carbons (Fsp3) is 0.579.